The quantitative estimate of drug-likeness (QED) is 0.0475. The van der Waals surface area contributed by atoms with E-state index >= 15 is 0 Å². The van der Waals surface area contributed by atoms with Crippen molar-refractivity contribution < 1.29 is 60.0 Å². The van der Waals surface area contributed by atoms with Crippen LogP contribution >= 0.6 is 0 Å². The fraction of sp³-hybridized carbons (Fsp3) is 0.222. The number of nitrogens with one attached hydrogen (secondary N) is 6. The van der Waals surface area contributed by atoms with E-state index in [-0.39, 0.29) is 95.2 Å². The van der Waals surface area contributed by atoms with Crippen LogP contribution in [-0.2, 0) is 0 Å². The molecule has 2 heterocycles. The monoisotopic (exact) mass is 830 g/mol. The van der Waals surface area contributed by atoms with Crippen molar-refractivity contribution in [2.24, 2.45) is 0 Å². The molecule has 0 radical (unpaired) electrons. The lowest BCUT2D eigenvalue weighted by Crippen LogP contribution is -2.18. The lowest BCUT2D eigenvalue weighted by atomic mass is 10.1. The zero-order valence-electron chi connectivity index (χ0n) is 31.1. The van der Waals surface area contributed by atoms with Crippen LogP contribution in [0.1, 0.15) is 54.3 Å². The molecule has 314 valence electrons. The van der Waals surface area contributed by atoms with Crippen LogP contribution in [0.5, 0.6) is 0 Å². The number of carboxylic acids is 4. The number of aliphatic hydroxyl groups excluding tert-OH is 4. The Kier molecular flexibility index (Phi) is 14.5. The molecule has 24 heteroatoms. The number of rotatable bonds is 22. The Hall–Kier alpha value is -7.80. The first-order valence-electron chi connectivity index (χ1n) is 17.7. The minimum absolute atomic E-state index is 0.00896. The summed E-state index contributed by atoms with van der Waals surface area (Å²) in [5.74, 6) is -5.68. The largest absolute Gasteiger partial charge is 0.478 e. The summed E-state index contributed by atoms with van der Waals surface area (Å²) in [6, 6.07) is 13.3. The van der Waals surface area contributed by atoms with Crippen LogP contribution in [-0.4, -0.2) is 133 Å². The number of aromatic carboxylic acids is 4. The van der Waals surface area contributed by atoms with Gasteiger partial charge in [0.1, 0.15) is 0 Å². The first-order chi connectivity index (χ1) is 28.7. The number of hydrogen-bond acceptors (Lipinski definition) is 20. The van der Waals surface area contributed by atoms with Gasteiger partial charge in [-0.25, -0.2) is 19.2 Å². The second kappa shape index (κ2) is 20.1. The van der Waals surface area contributed by atoms with Gasteiger partial charge in [0.25, 0.3) is 0 Å². The molecule has 0 saturated carbocycles. The van der Waals surface area contributed by atoms with Gasteiger partial charge >= 0.3 is 23.9 Å². The van der Waals surface area contributed by atoms with E-state index in [9.17, 15) is 49.8 Å². The third kappa shape index (κ3) is 12.6. The SMILES string of the molecule is O=C(O)c1cc(Nc2nc(NCCC(O)CO)nc(Nc3ccc(Nc4nc(NCCC(O)CO)nc(Nc5cc(C(=O)O)cc(C(=O)O)c5)n4)cc3)n2)cc(C(=O)O)c1. The minimum atomic E-state index is -1.36. The van der Waals surface area contributed by atoms with E-state index < -0.39 is 49.3 Å². The van der Waals surface area contributed by atoms with Crippen LogP contribution in [0.25, 0.3) is 0 Å². The van der Waals surface area contributed by atoms with Gasteiger partial charge in [-0.2, -0.15) is 29.9 Å². The van der Waals surface area contributed by atoms with Crippen LogP contribution < -0.4 is 31.9 Å². The van der Waals surface area contributed by atoms with E-state index in [1.807, 2.05) is 0 Å². The van der Waals surface area contributed by atoms with E-state index in [1.165, 1.54) is 24.3 Å². The van der Waals surface area contributed by atoms with E-state index in [0.717, 1.165) is 12.1 Å². The second-order valence-electron chi connectivity index (χ2n) is 12.6. The summed E-state index contributed by atoms with van der Waals surface area (Å²) in [6.07, 6.45) is -1.74. The molecule has 2 atom stereocenters. The molecule has 60 heavy (non-hydrogen) atoms. The van der Waals surface area contributed by atoms with Gasteiger partial charge in [0, 0.05) is 35.8 Å². The molecule has 5 rings (SSSR count). The summed E-state index contributed by atoms with van der Waals surface area (Å²) in [4.78, 5) is 72.4. The summed E-state index contributed by atoms with van der Waals surface area (Å²) in [7, 11) is 0. The summed E-state index contributed by atoms with van der Waals surface area (Å²) in [5.41, 5.74) is -0.188. The standard InChI is InChI=1S/C36H38N12O12/c49-15-25(51)5-7-37-31-43-33(47-35(45-31)41-23-11-17(27(53)54)9-18(12-23)28(55)56)39-21-1-2-22(4-3-21)40-34-44-32(38-8-6-26(52)16-50)46-36(48-34)42-24-13-19(29(57)58)10-20(14-24)30(59)60/h1-4,9-14,25-26,49-52H,5-8,15-16H2,(H,53,54)(H,55,56)(H,57,58)(H,59,60)(H3,37,39,41,43,45,47)(H3,38,40,42,44,46,48). The van der Waals surface area contributed by atoms with E-state index in [1.54, 1.807) is 24.3 Å². The number of aromatic nitrogens is 6. The Morgan fingerprint density at radius 3 is 0.967 bits per heavy atom. The van der Waals surface area contributed by atoms with Crippen molar-refractivity contribution in [3.8, 4) is 0 Å². The topological polar surface area (TPSA) is 380 Å². The Morgan fingerprint density at radius 1 is 0.433 bits per heavy atom. The van der Waals surface area contributed by atoms with Gasteiger partial charge in [-0.1, -0.05) is 0 Å². The molecular weight excluding hydrogens is 792 g/mol. The third-order valence-corrected chi connectivity index (χ3v) is 7.98. The molecule has 0 amide bonds. The highest BCUT2D eigenvalue weighted by Gasteiger charge is 2.16. The maximum absolute atomic E-state index is 11.7. The van der Waals surface area contributed by atoms with Gasteiger partial charge in [-0.3, -0.25) is 0 Å². The minimum Gasteiger partial charge on any atom is -0.478 e. The molecule has 0 bridgehead atoms. The first-order valence-corrected chi connectivity index (χ1v) is 17.7. The highest BCUT2D eigenvalue weighted by molar-refractivity contribution is 5.96. The molecule has 24 nitrogen and oxygen atoms in total. The molecule has 0 fully saturated rings. The van der Waals surface area contributed by atoms with Crippen LogP contribution in [0.2, 0.25) is 0 Å². The van der Waals surface area contributed by atoms with Crippen LogP contribution in [0.15, 0.2) is 60.7 Å². The van der Waals surface area contributed by atoms with Gasteiger partial charge < -0.3 is 72.8 Å². The molecule has 3 aromatic carbocycles. The number of carbonyl (C=O) groups is 4. The smallest absolute Gasteiger partial charge is 0.335 e. The van der Waals surface area contributed by atoms with Gasteiger partial charge in [0.2, 0.25) is 35.7 Å². The number of anilines is 10. The summed E-state index contributed by atoms with van der Waals surface area (Å²) < 4.78 is 0. The van der Waals surface area contributed by atoms with E-state index in [0.29, 0.717) is 11.4 Å². The third-order valence-electron chi connectivity index (χ3n) is 7.98. The molecular formula is C36H38N12O12. The second-order valence-corrected chi connectivity index (χ2v) is 12.6. The fourth-order valence-electron chi connectivity index (χ4n) is 5.06. The molecule has 0 saturated heterocycles. The zero-order valence-corrected chi connectivity index (χ0v) is 31.1. The van der Waals surface area contributed by atoms with Crippen molar-refractivity contribution in [3.05, 3.63) is 82.9 Å². The molecule has 5 aromatic rings. The number of carboxylic acid groups (broad SMARTS) is 4. The molecule has 2 unspecified atom stereocenters. The summed E-state index contributed by atoms with van der Waals surface area (Å²) in [6.45, 7) is -0.658. The van der Waals surface area contributed by atoms with Crippen molar-refractivity contribution in [1.82, 2.24) is 29.9 Å². The fourth-order valence-corrected chi connectivity index (χ4v) is 5.06. The van der Waals surface area contributed by atoms with Crippen molar-refractivity contribution in [2.45, 2.75) is 25.0 Å². The molecule has 2 aromatic heterocycles. The van der Waals surface area contributed by atoms with Crippen molar-refractivity contribution in [1.29, 1.82) is 0 Å². The van der Waals surface area contributed by atoms with Gasteiger partial charge in [0.15, 0.2) is 0 Å². The highest BCUT2D eigenvalue weighted by atomic mass is 16.4. The average Bonchev–Trinajstić information content (AvgIpc) is 3.21. The highest BCUT2D eigenvalue weighted by Crippen LogP contribution is 2.25. The molecule has 0 aliphatic carbocycles. The number of aliphatic hydroxyl groups is 4. The van der Waals surface area contributed by atoms with E-state index in [2.05, 4.69) is 61.8 Å². The normalized spacial score (nSPS) is 11.8. The van der Waals surface area contributed by atoms with E-state index in [4.69, 9.17) is 10.2 Å². The Balaban J connectivity index is 1.39. The van der Waals surface area contributed by atoms with Crippen molar-refractivity contribution in [2.75, 3.05) is 58.2 Å². The van der Waals surface area contributed by atoms with Gasteiger partial charge in [-0.15, -0.1) is 0 Å². The predicted molar refractivity (Wildman–Crippen MR) is 212 cm³/mol. The van der Waals surface area contributed by atoms with Gasteiger partial charge in [0.05, 0.1) is 47.7 Å². The van der Waals surface area contributed by atoms with Crippen LogP contribution in [0.4, 0.5) is 58.4 Å². The zero-order chi connectivity index (χ0) is 43.3. The average molecular weight is 831 g/mol. The number of nitrogens with zero attached hydrogens (tertiary/aromatic N) is 6. The molecule has 0 spiro atoms. The Morgan fingerprint density at radius 2 is 0.700 bits per heavy atom. The summed E-state index contributed by atoms with van der Waals surface area (Å²) in [5, 5.41) is 93.2. The Bertz CT molecular complexity index is 2130. The maximum atomic E-state index is 11.7. The lowest BCUT2D eigenvalue weighted by Gasteiger charge is -2.14. The van der Waals surface area contributed by atoms with Crippen LogP contribution in [0, 0.1) is 0 Å². The van der Waals surface area contributed by atoms with Crippen molar-refractivity contribution >= 4 is 82.3 Å². The van der Waals surface area contributed by atoms with Crippen molar-refractivity contribution in [3.63, 3.8) is 0 Å². The lowest BCUT2D eigenvalue weighted by molar-refractivity contribution is 0.0676. The first kappa shape index (κ1) is 43.3. The van der Waals surface area contributed by atoms with Gasteiger partial charge in [-0.05, 0) is 73.5 Å². The molecule has 14 N–H and O–H groups in total. The number of hydrogen-bond donors (Lipinski definition) is 14. The maximum Gasteiger partial charge on any atom is 0.335 e. The number of benzene rings is 3. The molecule has 0 aliphatic rings. The Labute approximate surface area is 338 Å². The predicted octanol–water partition coefficient (Wildman–Crippen LogP) is 2.13. The van der Waals surface area contributed by atoms with Crippen LogP contribution in [0.3, 0.4) is 0 Å². The summed E-state index contributed by atoms with van der Waals surface area (Å²) >= 11 is 0. The molecule has 0 aliphatic heterocycles.